The maximum Gasteiger partial charge on any atom is 0.522 e. The molecule has 4 nitrogen and oxygen atoms in total. The van der Waals surface area contributed by atoms with Crippen molar-refractivity contribution in [1.82, 2.24) is 4.90 Å². The topological polar surface area (TPSA) is 55.6 Å². The van der Waals surface area contributed by atoms with Gasteiger partial charge in [0.1, 0.15) is 0 Å². The van der Waals surface area contributed by atoms with Gasteiger partial charge in [0, 0.05) is 12.6 Å². The largest absolute Gasteiger partial charge is 0.522 e. The summed E-state index contributed by atoms with van der Waals surface area (Å²) in [5.41, 5.74) is 5.46. The van der Waals surface area contributed by atoms with Crippen molar-refractivity contribution >= 4 is 18.3 Å². The molecule has 2 N–H and O–H groups in total. The first-order valence-electron chi connectivity index (χ1n) is 5.51. The fourth-order valence-corrected chi connectivity index (χ4v) is 2.01. The first-order chi connectivity index (χ1) is 7.70. The van der Waals surface area contributed by atoms with Crippen LogP contribution in [0.25, 0.3) is 0 Å². The molecule has 8 heteroatoms. The minimum Gasteiger partial charge on any atom is -0.338 e. The number of halogens is 4. The average Bonchev–Trinajstić information content (AvgIpc) is 2.14. The SMILES string of the molecule is C[C@@H]1C[C@@H](OC(F)(F)F)CCN1C(=O)[C@@H](C)N.Cl. The van der Waals surface area contributed by atoms with Crippen molar-refractivity contribution in [3.63, 3.8) is 0 Å². The summed E-state index contributed by atoms with van der Waals surface area (Å²) in [7, 11) is 0. The maximum absolute atomic E-state index is 12.0. The van der Waals surface area contributed by atoms with Gasteiger partial charge in [-0.05, 0) is 26.7 Å². The lowest BCUT2D eigenvalue weighted by molar-refractivity contribution is -0.346. The number of amides is 1. The molecule has 1 heterocycles. The molecule has 108 valence electrons. The predicted molar refractivity (Wildman–Crippen MR) is 62.2 cm³/mol. The van der Waals surface area contributed by atoms with Crippen LogP contribution in [0.15, 0.2) is 0 Å². The van der Waals surface area contributed by atoms with Crippen LogP contribution in [-0.2, 0) is 9.53 Å². The van der Waals surface area contributed by atoms with Crippen LogP contribution < -0.4 is 5.73 Å². The van der Waals surface area contributed by atoms with Gasteiger partial charge in [0.2, 0.25) is 5.91 Å². The third-order valence-electron chi connectivity index (χ3n) is 2.80. The number of piperidine rings is 1. The lowest BCUT2D eigenvalue weighted by atomic mass is 10.00. The number of hydrogen-bond donors (Lipinski definition) is 1. The Kier molecular flexibility index (Phi) is 6.39. The minimum atomic E-state index is -4.61. The molecule has 1 amide bonds. The Morgan fingerprint density at radius 2 is 2.06 bits per heavy atom. The number of carbonyl (C=O) groups excluding carboxylic acids is 1. The second-order valence-corrected chi connectivity index (χ2v) is 4.38. The Bertz CT molecular complexity index is 287. The van der Waals surface area contributed by atoms with Crippen molar-refractivity contribution in [2.24, 2.45) is 5.73 Å². The number of likely N-dealkylation sites (tertiary alicyclic amines) is 1. The number of rotatable bonds is 2. The summed E-state index contributed by atoms with van der Waals surface area (Å²) in [6.45, 7) is 3.52. The summed E-state index contributed by atoms with van der Waals surface area (Å²) in [6.07, 6.45) is -5.13. The lowest BCUT2D eigenvalue weighted by Gasteiger charge is -2.38. The van der Waals surface area contributed by atoms with Gasteiger partial charge in [-0.25, -0.2) is 0 Å². The number of alkyl halides is 3. The highest BCUT2D eigenvalue weighted by Gasteiger charge is 2.38. The maximum atomic E-state index is 12.0. The standard InChI is InChI=1S/C10H17F3N2O2.ClH/c1-6-5-8(17-10(11,12)13)3-4-15(6)9(16)7(2)14;/h6-8H,3-5,14H2,1-2H3;1H/t6-,7-,8+;/m1./s1. The molecule has 0 aliphatic carbocycles. The number of hydrogen-bond acceptors (Lipinski definition) is 3. The van der Waals surface area contributed by atoms with Gasteiger partial charge in [0.05, 0.1) is 12.1 Å². The van der Waals surface area contributed by atoms with E-state index in [0.717, 1.165) is 0 Å². The van der Waals surface area contributed by atoms with E-state index < -0.39 is 18.5 Å². The van der Waals surface area contributed by atoms with E-state index >= 15 is 0 Å². The second-order valence-electron chi connectivity index (χ2n) is 4.38. The fourth-order valence-electron chi connectivity index (χ4n) is 2.01. The predicted octanol–water partition coefficient (Wildman–Crippen LogP) is 1.67. The lowest BCUT2D eigenvalue weighted by Crippen LogP contribution is -2.52. The number of ether oxygens (including phenoxy) is 1. The van der Waals surface area contributed by atoms with E-state index in [4.69, 9.17) is 5.73 Å². The summed E-state index contributed by atoms with van der Waals surface area (Å²) in [4.78, 5) is 13.2. The molecule has 0 radical (unpaired) electrons. The zero-order valence-corrected chi connectivity index (χ0v) is 11.1. The molecular formula is C10H18ClF3N2O2. The van der Waals surface area contributed by atoms with Crippen LogP contribution in [0.1, 0.15) is 26.7 Å². The van der Waals surface area contributed by atoms with Gasteiger partial charge in [0.25, 0.3) is 0 Å². The quantitative estimate of drug-likeness (QED) is 0.842. The summed E-state index contributed by atoms with van der Waals surface area (Å²) < 4.78 is 40.1. The second kappa shape index (κ2) is 6.58. The van der Waals surface area contributed by atoms with Crippen molar-refractivity contribution in [3.8, 4) is 0 Å². The van der Waals surface area contributed by atoms with Gasteiger partial charge in [-0.2, -0.15) is 0 Å². The highest BCUT2D eigenvalue weighted by molar-refractivity contribution is 5.85. The third kappa shape index (κ3) is 4.99. The van der Waals surface area contributed by atoms with E-state index in [1.54, 1.807) is 13.8 Å². The van der Waals surface area contributed by atoms with Crippen LogP contribution in [0.5, 0.6) is 0 Å². The molecule has 18 heavy (non-hydrogen) atoms. The molecule has 0 saturated carbocycles. The molecule has 0 aromatic heterocycles. The molecule has 1 rings (SSSR count). The van der Waals surface area contributed by atoms with E-state index in [-0.39, 0.29) is 43.7 Å². The van der Waals surface area contributed by atoms with Crippen LogP contribution in [0.2, 0.25) is 0 Å². The zero-order chi connectivity index (χ0) is 13.2. The summed E-state index contributed by atoms with van der Waals surface area (Å²) in [5.74, 6) is -0.233. The highest BCUT2D eigenvalue weighted by atomic mass is 35.5. The van der Waals surface area contributed by atoms with E-state index in [9.17, 15) is 18.0 Å². The molecule has 0 aromatic carbocycles. The van der Waals surface area contributed by atoms with Crippen LogP contribution >= 0.6 is 12.4 Å². The first kappa shape index (κ1) is 17.5. The third-order valence-corrected chi connectivity index (χ3v) is 2.80. The summed E-state index contributed by atoms with van der Waals surface area (Å²) in [5, 5.41) is 0. The molecule has 0 bridgehead atoms. The van der Waals surface area contributed by atoms with E-state index in [1.165, 1.54) is 4.90 Å². The van der Waals surface area contributed by atoms with E-state index in [0.29, 0.717) is 0 Å². The van der Waals surface area contributed by atoms with Gasteiger partial charge >= 0.3 is 6.36 Å². The molecule has 1 saturated heterocycles. The summed E-state index contributed by atoms with van der Waals surface area (Å²) in [6, 6.07) is -0.910. The van der Waals surface area contributed by atoms with Crippen LogP contribution in [0.3, 0.4) is 0 Å². The molecular weight excluding hydrogens is 273 g/mol. The van der Waals surface area contributed by atoms with Crippen molar-refractivity contribution in [2.75, 3.05) is 6.54 Å². The molecule has 0 unspecified atom stereocenters. The Morgan fingerprint density at radius 1 is 1.50 bits per heavy atom. The zero-order valence-electron chi connectivity index (χ0n) is 10.2. The number of nitrogens with two attached hydrogens (primary N) is 1. The van der Waals surface area contributed by atoms with Gasteiger partial charge < -0.3 is 10.6 Å². The first-order valence-corrected chi connectivity index (χ1v) is 5.51. The molecule has 1 aliphatic heterocycles. The van der Waals surface area contributed by atoms with Crippen molar-refractivity contribution in [1.29, 1.82) is 0 Å². The minimum absolute atomic E-state index is 0. The van der Waals surface area contributed by atoms with Crippen LogP contribution in [0.4, 0.5) is 13.2 Å². The van der Waals surface area contributed by atoms with Gasteiger partial charge in [0.15, 0.2) is 0 Å². The van der Waals surface area contributed by atoms with Crippen molar-refractivity contribution in [3.05, 3.63) is 0 Å². The summed E-state index contributed by atoms with van der Waals surface area (Å²) >= 11 is 0. The van der Waals surface area contributed by atoms with Crippen LogP contribution in [-0.4, -0.2) is 41.9 Å². The monoisotopic (exact) mass is 290 g/mol. The van der Waals surface area contributed by atoms with Gasteiger partial charge in [-0.15, -0.1) is 25.6 Å². The molecule has 0 spiro atoms. The van der Waals surface area contributed by atoms with E-state index in [1.807, 2.05) is 0 Å². The Hall–Kier alpha value is -0.530. The molecule has 1 fully saturated rings. The van der Waals surface area contributed by atoms with Gasteiger partial charge in [-0.3, -0.25) is 9.53 Å². The molecule has 1 aliphatic rings. The highest BCUT2D eigenvalue weighted by Crippen LogP contribution is 2.27. The molecule has 0 aromatic rings. The Labute approximate surface area is 110 Å². The van der Waals surface area contributed by atoms with Crippen LogP contribution in [0, 0.1) is 0 Å². The van der Waals surface area contributed by atoms with Gasteiger partial charge in [-0.1, -0.05) is 0 Å². The smallest absolute Gasteiger partial charge is 0.338 e. The van der Waals surface area contributed by atoms with E-state index in [2.05, 4.69) is 4.74 Å². The fraction of sp³-hybridized carbons (Fsp3) is 0.900. The number of carbonyl (C=O) groups is 1. The average molecular weight is 291 g/mol. The Balaban J connectivity index is 0.00000289. The normalized spacial score (nSPS) is 26.4. The van der Waals surface area contributed by atoms with Crippen molar-refractivity contribution < 1.29 is 22.7 Å². The van der Waals surface area contributed by atoms with Crippen molar-refractivity contribution in [2.45, 2.75) is 51.2 Å². The Morgan fingerprint density at radius 3 is 2.44 bits per heavy atom. The molecule has 3 atom stereocenters. The number of nitrogens with zero attached hydrogens (tertiary/aromatic N) is 1.